The molecule has 2 aliphatic rings. The first-order valence-corrected chi connectivity index (χ1v) is 9.95. The van der Waals surface area contributed by atoms with Crippen molar-refractivity contribution >= 4 is 34.7 Å². The number of nitrogens with one attached hydrogen (secondary N) is 1. The van der Waals surface area contributed by atoms with E-state index in [0.717, 1.165) is 24.2 Å². The summed E-state index contributed by atoms with van der Waals surface area (Å²) >= 11 is 1.10. The van der Waals surface area contributed by atoms with Crippen molar-refractivity contribution in [3.05, 3.63) is 70.6 Å². The number of fused-ring (bicyclic) bond motifs is 1. The van der Waals surface area contributed by atoms with Crippen molar-refractivity contribution in [1.82, 2.24) is 15.3 Å². The third kappa shape index (κ3) is 3.37. The van der Waals surface area contributed by atoms with Gasteiger partial charge in [0, 0.05) is 12.6 Å². The Morgan fingerprint density at radius 3 is 2.77 bits per heavy atom. The highest BCUT2D eigenvalue weighted by atomic mass is 32.2. The molecular formula is C21H16F2N6OS. The second-order valence-corrected chi connectivity index (χ2v) is 8.39. The van der Waals surface area contributed by atoms with Gasteiger partial charge < -0.3 is 11.1 Å². The highest BCUT2D eigenvalue weighted by Gasteiger charge is 2.62. The number of halogens is 2. The van der Waals surface area contributed by atoms with Crippen LogP contribution in [0.3, 0.4) is 0 Å². The predicted octanol–water partition coefficient (Wildman–Crippen LogP) is 2.66. The van der Waals surface area contributed by atoms with Crippen LogP contribution in [0.25, 0.3) is 11.9 Å². The summed E-state index contributed by atoms with van der Waals surface area (Å²) in [7, 11) is 1.52. The summed E-state index contributed by atoms with van der Waals surface area (Å²) < 4.78 is 28.5. The summed E-state index contributed by atoms with van der Waals surface area (Å²) in [6.07, 6.45) is 5.20. The molecule has 1 amide bonds. The van der Waals surface area contributed by atoms with Gasteiger partial charge in [0.05, 0.1) is 12.4 Å². The van der Waals surface area contributed by atoms with E-state index in [4.69, 9.17) is 11.0 Å². The second kappa shape index (κ2) is 7.28. The minimum atomic E-state index is -1.21. The van der Waals surface area contributed by atoms with Gasteiger partial charge in [0.1, 0.15) is 27.9 Å². The van der Waals surface area contributed by atoms with Crippen molar-refractivity contribution in [2.45, 2.75) is 17.2 Å². The zero-order valence-corrected chi connectivity index (χ0v) is 17.3. The van der Waals surface area contributed by atoms with Gasteiger partial charge in [-0.15, -0.1) is 0 Å². The standard InChI is InChI=1S/C21H16F2N6OS/c1-20(17-7-21(17,18(30)26-2)31-19(25)29-20)13-5-11(3-4-14(13)22)6-15(23)16-10-27-12(8-24)9-28-16/h3-7,9-10H,1-2H3,(H2,25,29)(H,26,30)/b15-6-/t20-,21+/m1/s1. The van der Waals surface area contributed by atoms with Crippen LogP contribution >= 0.6 is 11.8 Å². The third-order valence-corrected chi connectivity index (χ3v) is 6.32. The average molecular weight is 438 g/mol. The van der Waals surface area contributed by atoms with E-state index in [1.807, 2.05) is 6.07 Å². The van der Waals surface area contributed by atoms with Gasteiger partial charge in [-0.2, -0.15) is 5.26 Å². The van der Waals surface area contributed by atoms with E-state index in [-0.39, 0.29) is 28.0 Å². The number of rotatable bonds is 4. The topological polar surface area (TPSA) is 117 Å². The molecule has 0 unspecified atom stereocenters. The summed E-state index contributed by atoms with van der Waals surface area (Å²) in [6.45, 7) is 1.67. The maximum atomic E-state index is 14.9. The average Bonchev–Trinajstić information content (AvgIpc) is 3.51. The zero-order chi connectivity index (χ0) is 22.4. The number of hydrogen-bond acceptors (Lipinski definition) is 7. The van der Waals surface area contributed by atoms with E-state index in [1.54, 1.807) is 13.0 Å². The smallest absolute Gasteiger partial charge is 0.244 e. The summed E-state index contributed by atoms with van der Waals surface area (Å²) in [5.41, 5.74) is 5.93. The normalized spacial score (nSPS) is 24.4. The molecule has 0 fully saturated rings. The Balaban J connectivity index is 1.73. The summed E-state index contributed by atoms with van der Waals surface area (Å²) in [5.74, 6) is -1.52. The lowest BCUT2D eigenvalue weighted by atomic mass is 9.86. The molecule has 2 heterocycles. The molecule has 1 aliphatic heterocycles. The molecule has 4 rings (SSSR count). The molecule has 10 heteroatoms. The molecule has 0 radical (unpaired) electrons. The first kappa shape index (κ1) is 20.7. The van der Waals surface area contributed by atoms with Gasteiger partial charge in [0.25, 0.3) is 0 Å². The van der Waals surface area contributed by atoms with Crippen molar-refractivity contribution in [1.29, 1.82) is 5.26 Å². The molecule has 31 heavy (non-hydrogen) atoms. The SMILES string of the molecule is CNC(=O)[C@]12C=C1[C@@](C)(c1cc(/C=C(\F)c3cnc(C#N)cn3)ccc1F)N=C(N)S2. The molecule has 0 bridgehead atoms. The van der Waals surface area contributed by atoms with Gasteiger partial charge >= 0.3 is 0 Å². The Hall–Kier alpha value is -3.58. The van der Waals surface area contributed by atoms with Gasteiger partial charge in [-0.3, -0.25) is 4.79 Å². The molecule has 0 spiro atoms. The van der Waals surface area contributed by atoms with E-state index in [0.29, 0.717) is 11.1 Å². The van der Waals surface area contributed by atoms with E-state index < -0.39 is 21.9 Å². The van der Waals surface area contributed by atoms with Gasteiger partial charge in [0.15, 0.2) is 16.7 Å². The molecule has 156 valence electrons. The maximum Gasteiger partial charge on any atom is 0.244 e. The Labute approximate surface area is 180 Å². The molecule has 1 aliphatic carbocycles. The van der Waals surface area contributed by atoms with Gasteiger partial charge in [0.2, 0.25) is 5.91 Å². The molecule has 1 aromatic carbocycles. The van der Waals surface area contributed by atoms with Crippen LogP contribution in [0.15, 0.2) is 47.2 Å². The van der Waals surface area contributed by atoms with Crippen LogP contribution in [-0.4, -0.2) is 32.8 Å². The van der Waals surface area contributed by atoms with Crippen LogP contribution in [0.4, 0.5) is 8.78 Å². The van der Waals surface area contributed by atoms with Crippen molar-refractivity contribution in [3.63, 3.8) is 0 Å². The molecule has 2 aromatic rings. The fourth-order valence-corrected chi connectivity index (χ4v) is 4.82. The number of nitrogens with two attached hydrogens (primary N) is 1. The summed E-state index contributed by atoms with van der Waals surface area (Å²) in [6, 6.07) is 5.90. The second-order valence-electron chi connectivity index (χ2n) is 7.13. The molecule has 2 atom stereocenters. The van der Waals surface area contributed by atoms with Crippen LogP contribution in [0, 0.1) is 17.1 Å². The van der Waals surface area contributed by atoms with Crippen LogP contribution in [0.2, 0.25) is 0 Å². The van der Waals surface area contributed by atoms with Crippen molar-refractivity contribution < 1.29 is 13.6 Å². The largest absolute Gasteiger partial charge is 0.378 e. The highest BCUT2D eigenvalue weighted by molar-refractivity contribution is 8.16. The van der Waals surface area contributed by atoms with E-state index in [9.17, 15) is 13.6 Å². The van der Waals surface area contributed by atoms with Gasteiger partial charge in [-0.05, 0) is 36.3 Å². The number of hydrogen-bond donors (Lipinski definition) is 2. The van der Waals surface area contributed by atoms with Crippen molar-refractivity contribution in [2.24, 2.45) is 10.7 Å². The summed E-state index contributed by atoms with van der Waals surface area (Å²) in [5, 5.41) is 11.5. The lowest BCUT2D eigenvalue weighted by Gasteiger charge is -2.33. The van der Waals surface area contributed by atoms with Crippen molar-refractivity contribution in [3.8, 4) is 6.07 Å². The van der Waals surface area contributed by atoms with E-state index in [2.05, 4.69) is 20.3 Å². The van der Waals surface area contributed by atoms with Crippen LogP contribution in [0.1, 0.15) is 29.4 Å². The van der Waals surface area contributed by atoms with Crippen LogP contribution in [-0.2, 0) is 10.3 Å². The van der Waals surface area contributed by atoms with E-state index in [1.165, 1.54) is 31.3 Å². The molecule has 0 saturated heterocycles. The van der Waals surface area contributed by atoms with Gasteiger partial charge in [-0.25, -0.2) is 23.7 Å². The van der Waals surface area contributed by atoms with Crippen LogP contribution in [0.5, 0.6) is 0 Å². The third-order valence-electron chi connectivity index (χ3n) is 5.17. The number of carbonyl (C=O) groups excluding carboxylic acids is 1. The zero-order valence-electron chi connectivity index (χ0n) is 16.5. The number of thioether (sulfide) groups is 1. The number of aromatic nitrogens is 2. The molecule has 1 aromatic heterocycles. The lowest BCUT2D eigenvalue weighted by Crippen LogP contribution is -2.43. The number of nitriles is 1. The first-order valence-electron chi connectivity index (χ1n) is 9.13. The number of amidine groups is 1. The number of benzene rings is 1. The Morgan fingerprint density at radius 1 is 1.35 bits per heavy atom. The monoisotopic (exact) mass is 438 g/mol. The number of nitrogens with zero attached hydrogens (tertiary/aromatic N) is 4. The van der Waals surface area contributed by atoms with Gasteiger partial charge in [-0.1, -0.05) is 23.9 Å². The quantitative estimate of drug-likeness (QED) is 0.709. The fourth-order valence-electron chi connectivity index (χ4n) is 3.58. The lowest BCUT2D eigenvalue weighted by molar-refractivity contribution is -0.120. The molecule has 7 nitrogen and oxygen atoms in total. The fraction of sp³-hybridized carbons (Fsp3) is 0.190. The first-order chi connectivity index (χ1) is 14.7. The highest BCUT2D eigenvalue weighted by Crippen LogP contribution is 2.60. The molecular weight excluding hydrogens is 422 g/mol. The molecule has 0 saturated carbocycles. The van der Waals surface area contributed by atoms with Crippen LogP contribution < -0.4 is 11.1 Å². The number of carbonyl (C=O) groups is 1. The maximum absolute atomic E-state index is 14.9. The van der Waals surface area contributed by atoms with E-state index >= 15 is 0 Å². The Kier molecular flexibility index (Phi) is 4.86. The Morgan fingerprint density at radius 2 is 2.13 bits per heavy atom. The van der Waals surface area contributed by atoms with Crippen molar-refractivity contribution in [2.75, 3.05) is 7.05 Å². The summed E-state index contributed by atoms with van der Waals surface area (Å²) in [4.78, 5) is 24.5. The minimum Gasteiger partial charge on any atom is -0.378 e. The Bertz CT molecular complexity index is 1230. The minimum absolute atomic E-state index is 0.0593. The predicted molar refractivity (Wildman–Crippen MR) is 114 cm³/mol. The molecule has 3 N–H and O–H groups in total. The number of aliphatic imine (C=N–C) groups is 1. The number of amides is 1.